The minimum absolute atomic E-state index is 0. The molecular formula is C66H124N12O12. The number of carbonyl (C=O) groups is 1. The van der Waals surface area contributed by atoms with Crippen LogP contribution in [-0.4, -0.2) is 216 Å². The largest absolute Gasteiger partial charge is 0.502 e. The van der Waals surface area contributed by atoms with Crippen molar-refractivity contribution in [2.75, 3.05) is 165 Å². The first-order chi connectivity index (χ1) is 42.7. The van der Waals surface area contributed by atoms with Crippen LogP contribution in [0.4, 0.5) is 11.6 Å². The van der Waals surface area contributed by atoms with Crippen molar-refractivity contribution in [3.63, 3.8) is 0 Å². The molecule has 3 aromatic rings. The smallest absolute Gasteiger partial charge is 0.291 e. The van der Waals surface area contributed by atoms with Gasteiger partial charge in [0.1, 0.15) is 12.4 Å². The Labute approximate surface area is 542 Å². The Morgan fingerprint density at radius 2 is 1.21 bits per heavy atom. The summed E-state index contributed by atoms with van der Waals surface area (Å²) >= 11 is 0. The fourth-order valence-electron chi connectivity index (χ4n) is 8.64. The summed E-state index contributed by atoms with van der Waals surface area (Å²) in [5.41, 5.74) is 14.0. The molecule has 2 aliphatic heterocycles. The van der Waals surface area contributed by atoms with Crippen molar-refractivity contribution in [1.29, 1.82) is 10.5 Å². The predicted octanol–water partition coefficient (Wildman–Crippen LogP) is 7.28. The number of hydrogen-bond acceptors (Lipinski definition) is 23. The lowest BCUT2D eigenvalue weighted by molar-refractivity contribution is -0.105. The van der Waals surface area contributed by atoms with E-state index in [9.17, 15) is 4.79 Å². The monoisotopic (exact) mass is 1280 g/mol. The molecule has 90 heavy (non-hydrogen) atoms. The van der Waals surface area contributed by atoms with Crippen LogP contribution in [-0.2, 0) is 27.1 Å². The number of rotatable bonds is 33. The van der Waals surface area contributed by atoms with Gasteiger partial charge in [-0.05, 0) is 233 Å². The van der Waals surface area contributed by atoms with E-state index < -0.39 is 11.5 Å². The lowest BCUT2D eigenvalue weighted by Crippen LogP contribution is -2.26. The number of methoxy groups -OCH3 is 2. The summed E-state index contributed by atoms with van der Waals surface area (Å²) in [6.45, 7) is 21.7. The molecule has 0 bridgehead atoms. The number of unbranched alkanes of at least 4 members (excludes halogenated alkanes) is 8. The van der Waals surface area contributed by atoms with Crippen LogP contribution in [0.25, 0.3) is 0 Å². The minimum Gasteiger partial charge on any atom is -0.502 e. The van der Waals surface area contributed by atoms with Gasteiger partial charge in [0, 0.05) is 65.6 Å². The second-order valence-corrected chi connectivity index (χ2v) is 21.8. The first kappa shape index (κ1) is 90.9. The van der Waals surface area contributed by atoms with Crippen LogP contribution in [0.2, 0.25) is 0 Å². The molecular weight excluding hydrogens is 1150 g/mol. The van der Waals surface area contributed by atoms with Crippen molar-refractivity contribution in [2.24, 2.45) is 11.5 Å². The molecule has 0 saturated carbocycles. The number of aliphatic hydroxyl groups is 6. The van der Waals surface area contributed by atoms with Crippen molar-refractivity contribution in [1.82, 2.24) is 30.0 Å². The summed E-state index contributed by atoms with van der Waals surface area (Å²) in [4.78, 5) is 28.5. The first-order valence-electron chi connectivity index (χ1n) is 31.4. The summed E-state index contributed by atoms with van der Waals surface area (Å²) in [6.07, 6.45) is 19.0. The van der Waals surface area contributed by atoms with Crippen LogP contribution in [0.1, 0.15) is 171 Å². The van der Waals surface area contributed by atoms with E-state index in [2.05, 4.69) is 101 Å². The second-order valence-electron chi connectivity index (χ2n) is 21.8. The third-order valence-electron chi connectivity index (χ3n) is 13.2. The maximum Gasteiger partial charge on any atom is 0.291 e. The topological polar surface area (TPSA) is 360 Å². The van der Waals surface area contributed by atoms with Crippen molar-refractivity contribution in [3.05, 3.63) is 70.4 Å². The van der Waals surface area contributed by atoms with E-state index in [0.29, 0.717) is 44.4 Å². The minimum atomic E-state index is -0.470. The van der Waals surface area contributed by atoms with E-state index in [4.69, 9.17) is 70.3 Å². The predicted molar refractivity (Wildman–Crippen MR) is 363 cm³/mol. The average molecular weight is 1280 g/mol. The summed E-state index contributed by atoms with van der Waals surface area (Å²) in [6, 6.07) is 11.4. The van der Waals surface area contributed by atoms with E-state index in [1.165, 1.54) is 57.7 Å². The van der Waals surface area contributed by atoms with Gasteiger partial charge in [0.2, 0.25) is 17.7 Å². The summed E-state index contributed by atoms with van der Waals surface area (Å²) in [7, 11) is 12.4. The number of furan rings is 1. The molecule has 0 saturated heterocycles. The van der Waals surface area contributed by atoms with Crippen LogP contribution in [0.3, 0.4) is 0 Å². The first-order valence-corrected chi connectivity index (χ1v) is 31.4. The molecule has 2 aromatic heterocycles. The number of nitrogens with zero attached hydrogens (tertiary/aromatic N) is 7. The fourth-order valence-corrected chi connectivity index (χ4v) is 8.64. The number of aliphatic hydroxyl groups excluding tert-OH is 6. The second kappa shape index (κ2) is 59.7. The Hall–Kier alpha value is -5.55. The van der Waals surface area contributed by atoms with Gasteiger partial charge < -0.3 is 91.2 Å². The number of aromatic nitrogens is 2. The molecule has 24 heteroatoms. The highest BCUT2D eigenvalue weighted by Gasteiger charge is 2.43. The van der Waals surface area contributed by atoms with Crippen LogP contribution >= 0.6 is 0 Å². The number of allylic oxidation sites excluding steroid dienone is 1. The van der Waals surface area contributed by atoms with Crippen LogP contribution < -0.4 is 36.9 Å². The van der Waals surface area contributed by atoms with E-state index in [-0.39, 0.29) is 62.7 Å². The molecule has 1 amide bonds. The SMILES string of the molecule is C.C1=COCCC1.CCO.CN.CN(CC#N)CCCCCO.CN(CCN)CCCCCO.CNCCCCCO.COc1nc(NCCN(C)CCCCCO)nc(OC)c1NC(=O)c1ccc(Cc2cc3c(cc2C)C(C)(C)OC3(C)C)o1.N#CCO. The summed E-state index contributed by atoms with van der Waals surface area (Å²) in [5.74, 6) is 1.00. The van der Waals surface area contributed by atoms with E-state index in [1.54, 1.807) is 19.3 Å². The van der Waals surface area contributed by atoms with Crippen LogP contribution in [0.15, 0.2) is 41.0 Å². The van der Waals surface area contributed by atoms with Crippen LogP contribution in [0.5, 0.6) is 11.8 Å². The van der Waals surface area contributed by atoms with Gasteiger partial charge in [-0.1, -0.05) is 19.6 Å². The van der Waals surface area contributed by atoms with Gasteiger partial charge in [0.15, 0.2) is 11.4 Å². The molecule has 0 atom stereocenters. The Morgan fingerprint density at radius 3 is 1.62 bits per heavy atom. The molecule has 2 aliphatic rings. The third kappa shape index (κ3) is 44.0. The Bertz CT molecular complexity index is 2260. The number of nitrogens with two attached hydrogens (primary N) is 2. The number of hydrogen-bond donors (Lipinski definition) is 11. The molecule has 0 radical (unpaired) electrons. The normalized spacial score (nSPS) is 12.5. The van der Waals surface area contributed by atoms with Gasteiger partial charge in [-0.2, -0.15) is 20.5 Å². The highest BCUT2D eigenvalue weighted by Crippen LogP contribution is 2.47. The molecule has 4 heterocycles. The number of anilines is 2. The number of carbonyl (C=O) groups excluding carboxylic acids is 1. The van der Waals surface area contributed by atoms with Gasteiger partial charge in [-0.15, -0.1) is 0 Å². The van der Waals surface area contributed by atoms with E-state index in [0.717, 1.165) is 134 Å². The Kier molecular flexibility index (Phi) is 60.3. The summed E-state index contributed by atoms with van der Waals surface area (Å²) in [5, 5.41) is 74.0. The zero-order valence-corrected chi connectivity index (χ0v) is 56.8. The van der Waals surface area contributed by atoms with Crippen molar-refractivity contribution >= 4 is 17.5 Å². The van der Waals surface area contributed by atoms with Gasteiger partial charge in [-0.25, -0.2) is 0 Å². The van der Waals surface area contributed by atoms with Crippen LogP contribution in [0, 0.1) is 29.6 Å². The zero-order chi connectivity index (χ0) is 67.7. The van der Waals surface area contributed by atoms with Crippen molar-refractivity contribution in [2.45, 2.75) is 156 Å². The number of nitrogens with one attached hydrogen (secondary N) is 3. The lowest BCUT2D eigenvalue weighted by Gasteiger charge is -2.24. The number of amides is 1. The molecule has 1 aromatic carbocycles. The molecule has 24 nitrogen and oxygen atoms in total. The maximum absolute atomic E-state index is 13.2. The number of likely N-dealkylation sites (N-methyl/N-ethyl adjacent to an activating group) is 2. The Morgan fingerprint density at radius 1 is 0.722 bits per heavy atom. The Balaban J connectivity index is -0.000000645. The average Bonchev–Trinajstić information content (AvgIpc) is 1.59. The maximum atomic E-state index is 13.2. The standard InChI is InChI=1S/C33H47N5O6.C8H20N2O.C8H16N2O.C6H15NO.C5H8O.C2H3NO.C2H6O.CH5N.CH4/c1-21-18-24-25(33(4,5)44-32(24,2)3)20-22(21)19-23-12-13-26(43-23)28(40)35-27-29(41-7)36-31(37-30(27)42-8)34-14-16-38(6)15-10-9-11-17-39;2*1-10(7-5-9)6-3-2-4-8-11;1-7-5-3-2-4-6-8;1-2-4-6-5-3-1;3-1-2-4;1-2-3;1-2;/h12-13,18,20,39H,9-11,14-17,19H2,1-8H3,(H,35,40)(H,34,36,37);11H,2-9H2,1H3;11H,2-4,6-8H2,1H3;7-8H,2-6H2,1H3;2,4H,1,3,5H2;4H,2H2;3H,2H2,1H3;2H2,1H3;1H4. The van der Waals surface area contributed by atoms with Gasteiger partial charge >= 0.3 is 0 Å². The molecule has 0 aliphatic carbocycles. The molecule has 520 valence electrons. The van der Waals surface area contributed by atoms with E-state index >= 15 is 0 Å². The fraction of sp³-hybridized carbons (Fsp3) is 0.712. The number of nitriles is 2. The van der Waals surface area contributed by atoms with E-state index in [1.807, 2.05) is 38.2 Å². The molecule has 0 spiro atoms. The number of aryl methyl sites for hydroxylation is 1. The number of ether oxygens (including phenoxy) is 4. The van der Waals surface area contributed by atoms with Gasteiger partial charge in [0.05, 0.1) is 57.0 Å². The highest BCUT2D eigenvalue weighted by molar-refractivity contribution is 6.03. The van der Waals surface area contributed by atoms with Crippen molar-refractivity contribution in [3.8, 4) is 23.9 Å². The van der Waals surface area contributed by atoms with Gasteiger partial charge in [0.25, 0.3) is 5.91 Å². The number of benzene rings is 1. The quantitative estimate of drug-likeness (QED) is 0.0162. The highest BCUT2D eigenvalue weighted by atomic mass is 16.5. The summed E-state index contributed by atoms with van der Waals surface area (Å²) < 4.78 is 28.2. The lowest BCUT2D eigenvalue weighted by atomic mass is 9.86. The molecule has 5 rings (SSSR count). The molecule has 0 unspecified atom stereocenters. The molecule has 0 fully saturated rings. The number of fused-ring (bicyclic) bond motifs is 1. The molecule has 13 N–H and O–H groups in total. The van der Waals surface area contributed by atoms with Gasteiger partial charge in [-0.3, -0.25) is 9.69 Å². The van der Waals surface area contributed by atoms with Crippen molar-refractivity contribution < 1.29 is 58.8 Å². The zero-order valence-electron chi connectivity index (χ0n) is 56.8. The third-order valence-corrected chi connectivity index (χ3v) is 13.2.